The van der Waals surface area contributed by atoms with E-state index in [0.717, 1.165) is 37.4 Å². The highest BCUT2D eigenvalue weighted by molar-refractivity contribution is 6.09. The van der Waals surface area contributed by atoms with Crippen LogP contribution in [0, 0.1) is 0 Å². The third kappa shape index (κ3) is 2.79. The Labute approximate surface area is 137 Å². The number of benzene rings is 1. The Morgan fingerprint density at radius 2 is 2.00 bits per heavy atom. The number of methoxy groups -OCH3 is 1. The van der Waals surface area contributed by atoms with Gasteiger partial charge in [0.15, 0.2) is 0 Å². The zero-order chi connectivity index (χ0) is 16.4. The van der Waals surface area contributed by atoms with Crippen molar-refractivity contribution in [2.45, 2.75) is 39.2 Å². The minimum Gasteiger partial charge on any atom is -0.497 e. The molecule has 3 rings (SSSR count). The molecule has 23 heavy (non-hydrogen) atoms. The van der Waals surface area contributed by atoms with Gasteiger partial charge in [-0.05, 0) is 43.5 Å². The number of fused-ring (bicyclic) bond motifs is 3. The largest absolute Gasteiger partial charge is 0.497 e. The smallest absolute Gasteiger partial charge is 0.120 e. The van der Waals surface area contributed by atoms with E-state index in [-0.39, 0.29) is 0 Å². The van der Waals surface area contributed by atoms with E-state index >= 15 is 0 Å². The van der Waals surface area contributed by atoms with Crippen molar-refractivity contribution in [3.8, 4) is 5.75 Å². The summed E-state index contributed by atoms with van der Waals surface area (Å²) in [5.41, 5.74) is 9.30. The number of hydrogen-bond donors (Lipinski definition) is 1. The average Bonchev–Trinajstić information content (AvgIpc) is 2.88. The molecule has 0 saturated carbocycles. The number of hydrogen-bond acceptors (Lipinski definition) is 3. The van der Waals surface area contributed by atoms with Crippen LogP contribution in [0.25, 0.3) is 21.8 Å². The number of unbranched alkanes of at least 4 members (excludes halogenated alkanes) is 1. The van der Waals surface area contributed by atoms with Crippen LogP contribution in [0.3, 0.4) is 0 Å². The third-order valence-corrected chi connectivity index (χ3v) is 4.39. The number of pyridine rings is 1. The van der Waals surface area contributed by atoms with Gasteiger partial charge in [-0.1, -0.05) is 13.8 Å². The molecule has 0 unspecified atom stereocenters. The van der Waals surface area contributed by atoms with Gasteiger partial charge in [-0.3, -0.25) is 4.98 Å². The van der Waals surface area contributed by atoms with E-state index in [1.165, 1.54) is 21.8 Å². The number of nitrogens with two attached hydrogens (primary N) is 1. The lowest BCUT2D eigenvalue weighted by atomic mass is 10.1. The zero-order valence-electron chi connectivity index (χ0n) is 14.2. The average molecular weight is 311 g/mol. The van der Waals surface area contributed by atoms with Crippen molar-refractivity contribution in [3.05, 3.63) is 36.2 Å². The monoisotopic (exact) mass is 311 g/mol. The van der Waals surface area contributed by atoms with E-state index in [0.29, 0.717) is 5.92 Å². The van der Waals surface area contributed by atoms with Gasteiger partial charge in [0.1, 0.15) is 5.75 Å². The topological polar surface area (TPSA) is 53.1 Å². The quantitative estimate of drug-likeness (QED) is 0.698. The highest BCUT2D eigenvalue weighted by atomic mass is 16.5. The number of aryl methyl sites for hydroxylation is 1. The van der Waals surface area contributed by atoms with E-state index in [4.69, 9.17) is 10.5 Å². The van der Waals surface area contributed by atoms with Crippen LogP contribution in [0.4, 0.5) is 0 Å². The first-order valence-corrected chi connectivity index (χ1v) is 8.32. The van der Waals surface area contributed by atoms with Gasteiger partial charge in [0, 0.05) is 29.6 Å². The van der Waals surface area contributed by atoms with Crippen LogP contribution in [0.15, 0.2) is 30.5 Å². The van der Waals surface area contributed by atoms with Crippen LogP contribution in [-0.4, -0.2) is 23.2 Å². The first-order chi connectivity index (χ1) is 11.2. The van der Waals surface area contributed by atoms with Crippen molar-refractivity contribution in [3.63, 3.8) is 0 Å². The van der Waals surface area contributed by atoms with Gasteiger partial charge >= 0.3 is 0 Å². The highest BCUT2D eigenvalue weighted by Gasteiger charge is 2.16. The molecule has 0 spiro atoms. The van der Waals surface area contributed by atoms with Gasteiger partial charge in [0.25, 0.3) is 0 Å². The van der Waals surface area contributed by atoms with Gasteiger partial charge in [0.2, 0.25) is 0 Å². The van der Waals surface area contributed by atoms with Crippen molar-refractivity contribution >= 4 is 21.8 Å². The highest BCUT2D eigenvalue weighted by Crippen LogP contribution is 2.34. The Bertz CT molecular complexity index is 820. The molecule has 0 aliphatic carbocycles. The molecule has 3 aromatic rings. The minimum atomic E-state index is 0.387. The first-order valence-electron chi connectivity index (χ1n) is 8.32. The van der Waals surface area contributed by atoms with E-state index in [1.54, 1.807) is 7.11 Å². The maximum atomic E-state index is 5.68. The van der Waals surface area contributed by atoms with Crippen LogP contribution in [0.5, 0.6) is 5.75 Å². The molecule has 0 saturated heterocycles. The Hall–Kier alpha value is -2.07. The summed E-state index contributed by atoms with van der Waals surface area (Å²) in [6.07, 6.45) is 4.02. The van der Waals surface area contributed by atoms with Crippen LogP contribution in [0.1, 0.15) is 38.3 Å². The predicted octanol–water partition coefficient (Wildman–Crippen LogP) is 4.06. The maximum absolute atomic E-state index is 5.68. The summed E-state index contributed by atoms with van der Waals surface area (Å²) in [5, 5.41) is 2.53. The molecular weight excluding hydrogens is 286 g/mol. The second-order valence-corrected chi connectivity index (χ2v) is 6.28. The summed E-state index contributed by atoms with van der Waals surface area (Å²) >= 11 is 0. The van der Waals surface area contributed by atoms with Gasteiger partial charge in [-0.15, -0.1) is 0 Å². The third-order valence-electron chi connectivity index (χ3n) is 4.39. The lowest BCUT2D eigenvalue weighted by Gasteiger charge is -2.12. The number of aromatic nitrogens is 2. The minimum absolute atomic E-state index is 0.387. The van der Waals surface area contributed by atoms with Gasteiger partial charge < -0.3 is 15.0 Å². The standard InChI is InChI=1S/C19H25N3O/c1-13(2)18-19-16(8-10-21-18)15-7-6-14(23-3)12-17(15)22(19)11-5-4-9-20/h6-8,10,12-13H,4-5,9,11,20H2,1-3H3. The molecule has 0 aliphatic rings. The molecule has 0 aliphatic heterocycles. The number of nitrogens with zero attached hydrogens (tertiary/aromatic N) is 2. The molecular formula is C19H25N3O. The maximum Gasteiger partial charge on any atom is 0.120 e. The molecule has 2 N–H and O–H groups in total. The van der Waals surface area contributed by atoms with Gasteiger partial charge in [0.05, 0.1) is 23.8 Å². The van der Waals surface area contributed by atoms with Crippen LogP contribution in [0.2, 0.25) is 0 Å². The molecule has 0 atom stereocenters. The van der Waals surface area contributed by atoms with E-state index in [9.17, 15) is 0 Å². The SMILES string of the molecule is COc1ccc2c3ccnc(C(C)C)c3n(CCCCN)c2c1. The molecule has 2 aromatic heterocycles. The summed E-state index contributed by atoms with van der Waals surface area (Å²) in [6.45, 7) is 6.08. The fourth-order valence-corrected chi connectivity index (χ4v) is 3.25. The molecule has 2 heterocycles. The fourth-order valence-electron chi connectivity index (χ4n) is 3.25. The molecule has 4 nitrogen and oxygen atoms in total. The molecule has 0 fully saturated rings. The summed E-state index contributed by atoms with van der Waals surface area (Å²) in [4.78, 5) is 4.66. The van der Waals surface area contributed by atoms with Crippen molar-refractivity contribution in [2.24, 2.45) is 5.73 Å². The van der Waals surface area contributed by atoms with E-state index < -0.39 is 0 Å². The van der Waals surface area contributed by atoms with Crippen LogP contribution >= 0.6 is 0 Å². The number of rotatable bonds is 6. The Balaban J connectivity index is 2.30. The van der Waals surface area contributed by atoms with Crippen molar-refractivity contribution < 1.29 is 4.74 Å². The van der Waals surface area contributed by atoms with E-state index in [2.05, 4.69) is 41.6 Å². The fraction of sp³-hybridized carbons (Fsp3) is 0.421. The zero-order valence-corrected chi connectivity index (χ0v) is 14.2. The summed E-state index contributed by atoms with van der Waals surface area (Å²) in [6, 6.07) is 8.43. The van der Waals surface area contributed by atoms with Crippen molar-refractivity contribution in [1.29, 1.82) is 0 Å². The lowest BCUT2D eigenvalue weighted by molar-refractivity contribution is 0.415. The van der Waals surface area contributed by atoms with Gasteiger partial charge in [-0.25, -0.2) is 0 Å². The predicted molar refractivity (Wildman–Crippen MR) is 96.2 cm³/mol. The van der Waals surface area contributed by atoms with Gasteiger partial charge in [-0.2, -0.15) is 0 Å². The summed E-state index contributed by atoms with van der Waals surface area (Å²) < 4.78 is 7.82. The summed E-state index contributed by atoms with van der Waals surface area (Å²) in [7, 11) is 1.71. The Morgan fingerprint density at radius 1 is 1.17 bits per heavy atom. The lowest BCUT2D eigenvalue weighted by Crippen LogP contribution is -2.05. The molecule has 0 bridgehead atoms. The second-order valence-electron chi connectivity index (χ2n) is 6.28. The molecule has 1 aromatic carbocycles. The molecule has 4 heteroatoms. The van der Waals surface area contributed by atoms with E-state index in [1.807, 2.05) is 12.3 Å². The van der Waals surface area contributed by atoms with Crippen LogP contribution < -0.4 is 10.5 Å². The molecule has 0 amide bonds. The first kappa shape index (κ1) is 15.8. The summed E-state index contributed by atoms with van der Waals surface area (Å²) in [5.74, 6) is 1.28. The molecule has 122 valence electrons. The van der Waals surface area contributed by atoms with Crippen molar-refractivity contribution in [2.75, 3.05) is 13.7 Å². The molecule has 0 radical (unpaired) electrons. The van der Waals surface area contributed by atoms with Crippen LogP contribution in [-0.2, 0) is 6.54 Å². The Kier molecular flexibility index (Phi) is 4.53. The normalized spacial score (nSPS) is 11.7. The number of ether oxygens (including phenoxy) is 1. The van der Waals surface area contributed by atoms with Crippen molar-refractivity contribution in [1.82, 2.24) is 9.55 Å². The second kappa shape index (κ2) is 6.59. The Morgan fingerprint density at radius 3 is 2.70 bits per heavy atom.